The molecule has 0 heterocycles. The molecule has 0 aliphatic heterocycles. The van der Waals surface area contributed by atoms with Crippen molar-refractivity contribution in [2.45, 2.75) is 25.4 Å². The summed E-state index contributed by atoms with van der Waals surface area (Å²) in [6.45, 7) is 0. The maximum Gasteiger partial charge on any atom is 0.306 e. The highest BCUT2D eigenvalue weighted by atomic mass is 32.2. The van der Waals surface area contributed by atoms with Crippen molar-refractivity contribution >= 4 is 17.7 Å². The van der Waals surface area contributed by atoms with E-state index in [1.807, 2.05) is 6.26 Å². The zero-order valence-electron chi connectivity index (χ0n) is 6.13. The minimum Gasteiger partial charge on any atom is -0.462 e. The van der Waals surface area contributed by atoms with Crippen LogP contribution in [-0.2, 0) is 9.53 Å². The van der Waals surface area contributed by atoms with Gasteiger partial charge in [-0.3, -0.25) is 4.79 Å². The topological polar surface area (TPSA) is 26.3 Å². The predicted molar refractivity (Wildman–Crippen MR) is 42.1 cm³/mol. The average molecular weight is 160 g/mol. The summed E-state index contributed by atoms with van der Waals surface area (Å²) in [7, 11) is 0. The van der Waals surface area contributed by atoms with Crippen molar-refractivity contribution in [3.05, 3.63) is 0 Å². The molecule has 1 aliphatic rings. The van der Waals surface area contributed by atoms with Crippen LogP contribution in [0.15, 0.2) is 0 Å². The van der Waals surface area contributed by atoms with Gasteiger partial charge in [-0.25, -0.2) is 0 Å². The Kier molecular flexibility index (Phi) is 3.06. The molecule has 1 fully saturated rings. The van der Waals surface area contributed by atoms with E-state index in [9.17, 15) is 4.79 Å². The number of hydrogen-bond acceptors (Lipinski definition) is 3. The first-order valence-electron chi connectivity index (χ1n) is 3.51. The van der Waals surface area contributed by atoms with Gasteiger partial charge in [0.1, 0.15) is 6.10 Å². The molecular formula is C7H12O2S. The fourth-order valence-corrected chi connectivity index (χ4v) is 0.987. The summed E-state index contributed by atoms with van der Waals surface area (Å²) in [5.41, 5.74) is 0. The summed E-state index contributed by atoms with van der Waals surface area (Å²) in [6, 6.07) is 0. The van der Waals surface area contributed by atoms with Crippen LogP contribution in [0.2, 0.25) is 0 Å². The lowest BCUT2D eigenvalue weighted by atomic mass is 10.5. The van der Waals surface area contributed by atoms with Gasteiger partial charge in [0.15, 0.2) is 0 Å². The van der Waals surface area contributed by atoms with Gasteiger partial charge in [0.2, 0.25) is 0 Å². The summed E-state index contributed by atoms with van der Waals surface area (Å²) in [6.07, 6.45) is 4.98. The van der Waals surface area contributed by atoms with E-state index in [0.717, 1.165) is 18.6 Å². The van der Waals surface area contributed by atoms with Gasteiger partial charge in [-0.15, -0.1) is 0 Å². The molecule has 3 heteroatoms. The molecule has 0 atom stereocenters. The summed E-state index contributed by atoms with van der Waals surface area (Å²) >= 11 is 1.68. The van der Waals surface area contributed by atoms with Crippen LogP contribution >= 0.6 is 11.8 Å². The number of hydrogen-bond donors (Lipinski definition) is 0. The minimum atomic E-state index is -0.0307. The van der Waals surface area contributed by atoms with Crippen LogP contribution in [0.4, 0.5) is 0 Å². The van der Waals surface area contributed by atoms with E-state index in [2.05, 4.69) is 0 Å². The molecule has 1 rings (SSSR count). The SMILES string of the molecule is CSCCC(=O)OC1CC1. The van der Waals surface area contributed by atoms with Crippen molar-refractivity contribution < 1.29 is 9.53 Å². The normalized spacial score (nSPS) is 16.9. The Morgan fingerprint density at radius 2 is 2.40 bits per heavy atom. The molecule has 2 nitrogen and oxygen atoms in total. The molecule has 10 heavy (non-hydrogen) atoms. The summed E-state index contributed by atoms with van der Waals surface area (Å²) in [4.78, 5) is 10.8. The zero-order chi connectivity index (χ0) is 7.40. The molecule has 0 aromatic rings. The Morgan fingerprint density at radius 3 is 2.90 bits per heavy atom. The molecule has 0 spiro atoms. The van der Waals surface area contributed by atoms with Gasteiger partial charge >= 0.3 is 5.97 Å². The lowest BCUT2D eigenvalue weighted by molar-refractivity contribution is -0.144. The maximum atomic E-state index is 10.8. The Hall–Kier alpha value is -0.180. The molecule has 0 saturated heterocycles. The first-order valence-corrected chi connectivity index (χ1v) is 4.90. The Morgan fingerprint density at radius 1 is 1.70 bits per heavy atom. The van der Waals surface area contributed by atoms with Crippen LogP contribution in [0.25, 0.3) is 0 Å². The van der Waals surface area contributed by atoms with Gasteiger partial charge < -0.3 is 4.74 Å². The van der Waals surface area contributed by atoms with E-state index in [4.69, 9.17) is 4.74 Å². The zero-order valence-corrected chi connectivity index (χ0v) is 6.95. The quantitative estimate of drug-likeness (QED) is 0.582. The third-order valence-electron chi connectivity index (χ3n) is 1.33. The molecule has 0 bridgehead atoms. The first kappa shape index (κ1) is 7.92. The largest absolute Gasteiger partial charge is 0.462 e. The molecule has 0 N–H and O–H groups in total. The number of thioether (sulfide) groups is 1. The van der Waals surface area contributed by atoms with Gasteiger partial charge in [-0.2, -0.15) is 11.8 Å². The molecule has 0 unspecified atom stereocenters. The standard InChI is InChI=1S/C7H12O2S/c1-10-5-4-7(8)9-6-2-3-6/h6H,2-5H2,1H3. The van der Waals surface area contributed by atoms with E-state index in [1.54, 1.807) is 11.8 Å². The van der Waals surface area contributed by atoms with Crippen molar-refractivity contribution in [3.8, 4) is 0 Å². The van der Waals surface area contributed by atoms with Crippen LogP contribution in [0.1, 0.15) is 19.3 Å². The summed E-state index contributed by atoms with van der Waals surface area (Å²) < 4.78 is 5.01. The van der Waals surface area contributed by atoms with Gasteiger partial charge in [0.05, 0.1) is 6.42 Å². The predicted octanol–water partition coefficient (Wildman–Crippen LogP) is 1.45. The second-order valence-corrected chi connectivity index (χ2v) is 3.42. The van der Waals surface area contributed by atoms with Gasteiger partial charge in [0.25, 0.3) is 0 Å². The lowest BCUT2D eigenvalue weighted by Crippen LogP contribution is -2.06. The average Bonchev–Trinajstić information content (AvgIpc) is 2.67. The fourth-order valence-electron chi connectivity index (χ4n) is 0.616. The molecule has 58 valence electrons. The second kappa shape index (κ2) is 3.86. The maximum absolute atomic E-state index is 10.8. The molecule has 0 amide bonds. The van der Waals surface area contributed by atoms with Crippen LogP contribution in [-0.4, -0.2) is 24.1 Å². The number of carbonyl (C=O) groups is 1. The third kappa shape index (κ3) is 3.11. The van der Waals surface area contributed by atoms with Crippen molar-refractivity contribution in [3.63, 3.8) is 0 Å². The summed E-state index contributed by atoms with van der Waals surface area (Å²) in [5.74, 6) is 0.850. The molecular weight excluding hydrogens is 148 g/mol. The number of esters is 1. The van der Waals surface area contributed by atoms with E-state index in [-0.39, 0.29) is 12.1 Å². The van der Waals surface area contributed by atoms with Gasteiger partial charge in [0, 0.05) is 5.75 Å². The number of carbonyl (C=O) groups excluding carboxylic acids is 1. The van der Waals surface area contributed by atoms with E-state index >= 15 is 0 Å². The Balaban J connectivity index is 1.97. The third-order valence-corrected chi connectivity index (χ3v) is 1.95. The number of ether oxygens (including phenoxy) is 1. The Bertz CT molecular complexity index is 121. The molecule has 1 aliphatic carbocycles. The monoisotopic (exact) mass is 160 g/mol. The van der Waals surface area contributed by atoms with Crippen LogP contribution in [0, 0.1) is 0 Å². The highest BCUT2D eigenvalue weighted by Crippen LogP contribution is 2.23. The van der Waals surface area contributed by atoms with Crippen LogP contribution in [0.3, 0.4) is 0 Å². The van der Waals surface area contributed by atoms with E-state index < -0.39 is 0 Å². The van der Waals surface area contributed by atoms with E-state index in [1.165, 1.54) is 0 Å². The first-order chi connectivity index (χ1) is 4.83. The lowest BCUT2D eigenvalue weighted by Gasteiger charge is -1.99. The highest BCUT2D eigenvalue weighted by Gasteiger charge is 2.25. The van der Waals surface area contributed by atoms with Crippen LogP contribution < -0.4 is 0 Å². The second-order valence-electron chi connectivity index (χ2n) is 2.43. The minimum absolute atomic E-state index is 0.0307. The van der Waals surface area contributed by atoms with E-state index in [0.29, 0.717) is 6.42 Å². The van der Waals surface area contributed by atoms with Crippen LogP contribution in [0.5, 0.6) is 0 Å². The summed E-state index contributed by atoms with van der Waals surface area (Å²) in [5, 5.41) is 0. The van der Waals surface area contributed by atoms with Gasteiger partial charge in [-0.1, -0.05) is 0 Å². The molecule has 0 radical (unpaired) electrons. The molecule has 1 saturated carbocycles. The smallest absolute Gasteiger partial charge is 0.306 e. The van der Waals surface area contributed by atoms with Crippen molar-refractivity contribution in [2.24, 2.45) is 0 Å². The van der Waals surface area contributed by atoms with Crippen molar-refractivity contribution in [1.29, 1.82) is 0 Å². The van der Waals surface area contributed by atoms with Crippen molar-refractivity contribution in [1.82, 2.24) is 0 Å². The molecule has 0 aromatic carbocycles. The fraction of sp³-hybridized carbons (Fsp3) is 0.857. The Labute approximate surface area is 65.3 Å². The highest BCUT2D eigenvalue weighted by molar-refractivity contribution is 7.98. The number of rotatable bonds is 4. The van der Waals surface area contributed by atoms with Gasteiger partial charge in [-0.05, 0) is 19.1 Å². The molecule has 0 aromatic heterocycles. The van der Waals surface area contributed by atoms with Crippen molar-refractivity contribution in [2.75, 3.05) is 12.0 Å².